The lowest BCUT2D eigenvalue weighted by molar-refractivity contribution is 0.538. The van der Waals surface area contributed by atoms with Gasteiger partial charge in [-0.25, -0.2) is 21.6 Å². The molecule has 2 rings (SSSR count). The Morgan fingerprint density at radius 2 is 2.05 bits per heavy atom. The van der Waals surface area contributed by atoms with Crippen LogP contribution in [0.4, 0.5) is 0 Å². The molecule has 6 nitrogen and oxygen atoms in total. The minimum Gasteiger partial charge on any atom is -0.316 e. The summed E-state index contributed by atoms with van der Waals surface area (Å²) in [4.78, 5) is 0.120. The summed E-state index contributed by atoms with van der Waals surface area (Å²) in [5.74, 6) is 0.286. The average molecular weight is 397 g/mol. The minimum absolute atomic E-state index is 0.0425. The Kier molecular flexibility index (Phi) is 5.09. The highest BCUT2D eigenvalue weighted by Crippen LogP contribution is 2.25. The summed E-state index contributed by atoms with van der Waals surface area (Å²) in [6.07, 6.45) is 2.02. The topological polar surface area (TPSA) is 92.3 Å². The second-order valence-electron chi connectivity index (χ2n) is 5.08. The highest BCUT2D eigenvalue weighted by Gasteiger charge is 2.22. The van der Waals surface area contributed by atoms with Gasteiger partial charge in [-0.3, -0.25) is 0 Å². The van der Waals surface area contributed by atoms with Crippen LogP contribution < -0.4 is 10.0 Å². The second kappa shape index (κ2) is 6.33. The zero-order chi connectivity index (χ0) is 15.7. The highest BCUT2D eigenvalue weighted by molar-refractivity contribution is 9.10. The third-order valence-electron chi connectivity index (χ3n) is 3.35. The Morgan fingerprint density at radius 1 is 1.33 bits per heavy atom. The Labute approximate surface area is 133 Å². The lowest BCUT2D eigenvalue weighted by Gasteiger charge is -2.12. The molecule has 1 atom stereocenters. The van der Waals surface area contributed by atoms with Gasteiger partial charge in [0.05, 0.1) is 9.79 Å². The lowest BCUT2D eigenvalue weighted by atomic mass is 10.1. The SMILES string of the molecule is CS(=O)(=O)c1ccc(S(=O)(=O)NCC2CCNC2)c(Br)c1. The van der Waals surface area contributed by atoms with Crippen molar-refractivity contribution in [2.24, 2.45) is 5.92 Å². The van der Waals surface area contributed by atoms with Crippen molar-refractivity contribution in [1.82, 2.24) is 10.0 Å². The van der Waals surface area contributed by atoms with Crippen LogP contribution in [0, 0.1) is 5.92 Å². The molecule has 21 heavy (non-hydrogen) atoms. The van der Waals surface area contributed by atoms with Gasteiger partial charge in [-0.1, -0.05) is 0 Å². The van der Waals surface area contributed by atoms with Gasteiger partial charge in [-0.2, -0.15) is 0 Å². The number of halogens is 1. The molecule has 0 radical (unpaired) electrons. The summed E-state index contributed by atoms with van der Waals surface area (Å²) in [5.41, 5.74) is 0. The van der Waals surface area contributed by atoms with Crippen LogP contribution in [-0.4, -0.2) is 42.7 Å². The first-order valence-corrected chi connectivity index (χ1v) is 10.6. The number of sulfone groups is 1. The Balaban J connectivity index is 2.19. The van der Waals surface area contributed by atoms with E-state index in [1.807, 2.05) is 0 Å². The predicted octanol–water partition coefficient (Wildman–Crippen LogP) is 0.740. The number of benzene rings is 1. The number of nitrogens with one attached hydrogen (secondary N) is 2. The molecule has 118 valence electrons. The molecular weight excluding hydrogens is 380 g/mol. The van der Waals surface area contributed by atoms with Gasteiger partial charge >= 0.3 is 0 Å². The zero-order valence-electron chi connectivity index (χ0n) is 11.5. The maximum absolute atomic E-state index is 12.3. The number of hydrogen-bond acceptors (Lipinski definition) is 5. The first kappa shape index (κ1) is 16.9. The van der Waals surface area contributed by atoms with Gasteiger partial charge in [-0.15, -0.1) is 0 Å². The zero-order valence-corrected chi connectivity index (χ0v) is 14.7. The third-order valence-corrected chi connectivity index (χ3v) is 6.86. The van der Waals surface area contributed by atoms with Crippen LogP contribution in [0.15, 0.2) is 32.5 Å². The van der Waals surface area contributed by atoms with E-state index in [1.165, 1.54) is 18.2 Å². The largest absolute Gasteiger partial charge is 0.316 e. The minimum atomic E-state index is -3.66. The van der Waals surface area contributed by atoms with E-state index in [0.717, 1.165) is 25.8 Å². The number of rotatable bonds is 5. The van der Waals surface area contributed by atoms with Crippen molar-refractivity contribution in [2.75, 3.05) is 25.9 Å². The molecule has 1 aromatic carbocycles. The van der Waals surface area contributed by atoms with E-state index in [4.69, 9.17) is 0 Å². The van der Waals surface area contributed by atoms with Crippen molar-refractivity contribution >= 4 is 35.8 Å². The molecule has 1 aromatic rings. The molecule has 1 aliphatic heterocycles. The fourth-order valence-electron chi connectivity index (χ4n) is 2.12. The molecule has 1 heterocycles. The maximum Gasteiger partial charge on any atom is 0.241 e. The maximum atomic E-state index is 12.3. The van der Waals surface area contributed by atoms with Crippen molar-refractivity contribution in [3.63, 3.8) is 0 Å². The van der Waals surface area contributed by atoms with Crippen molar-refractivity contribution in [2.45, 2.75) is 16.2 Å². The molecular formula is C12H17BrN2O4S2. The third kappa shape index (κ3) is 4.26. The van der Waals surface area contributed by atoms with Crippen molar-refractivity contribution < 1.29 is 16.8 Å². The monoisotopic (exact) mass is 396 g/mol. The molecule has 0 saturated carbocycles. The first-order chi connectivity index (χ1) is 9.70. The van der Waals surface area contributed by atoms with Crippen LogP contribution in [0.25, 0.3) is 0 Å². The Morgan fingerprint density at radius 3 is 2.57 bits per heavy atom. The van der Waals surface area contributed by atoms with E-state index >= 15 is 0 Å². The van der Waals surface area contributed by atoms with Crippen LogP contribution in [0.2, 0.25) is 0 Å². The van der Waals surface area contributed by atoms with Gasteiger partial charge in [0, 0.05) is 17.3 Å². The smallest absolute Gasteiger partial charge is 0.241 e. The Hall–Kier alpha value is -0.480. The van der Waals surface area contributed by atoms with Gasteiger partial charge < -0.3 is 5.32 Å². The second-order valence-corrected chi connectivity index (χ2v) is 9.68. The molecule has 1 saturated heterocycles. The summed E-state index contributed by atoms with van der Waals surface area (Å²) in [7, 11) is -7.03. The number of sulfonamides is 1. The van der Waals surface area contributed by atoms with E-state index < -0.39 is 19.9 Å². The van der Waals surface area contributed by atoms with E-state index in [1.54, 1.807) is 0 Å². The molecule has 0 aliphatic carbocycles. The van der Waals surface area contributed by atoms with E-state index in [-0.39, 0.29) is 20.2 Å². The van der Waals surface area contributed by atoms with Crippen LogP contribution in [-0.2, 0) is 19.9 Å². The summed E-state index contributed by atoms with van der Waals surface area (Å²) in [6.45, 7) is 2.07. The fraction of sp³-hybridized carbons (Fsp3) is 0.500. The summed E-state index contributed by atoms with van der Waals surface area (Å²) in [6, 6.07) is 3.91. The van der Waals surface area contributed by atoms with Crippen LogP contribution >= 0.6 is 15.9 Å². The molecule has 1 fully saturated rings. The normalized spacial score (nSPS) is 19.8. The van der Waals surface area contributed by atoms with Crippen molar-refractivity contribution in [3.05, 3.63) is 22.7 Å². The van der Waals surface area contributed by atoms with Gasteiger partial charge in [0.25, 0.3) is 0 Å². The fourth-order valence-corrected chi connectivity index (χ4v) is 5.11. The predicted molar refractivity (Wildman–Crippen MR) is 83.4 cm³/mol. The summed E-state index contributed by atoms with van der Waals surface area (Å²) >= 11 is 3.13. The number of hydrogen-bond donors (Lipinski definition) is 2. The van der Waals surface area contributed by atoms with Gasteiger partial charge in [0.15, 0.2) is 9.84 Å². The van der Waals surface area contributed by atoms with Gasteiger partial charge in [-0.05, 0) is 59.6 Å². The highest BCUT2D eigenvalue weighted by atomic mass is 79.9. The van der Waals surface area contributed by atoms with Gasteiger partial charge in [0.1, 0.15) is 0 Å². The molecule has 2 N–H and O–H groups in total. The molecule has 0 bridgehead atoms. The van der Waals surface area contributed by atoms with Crippen LogP contribution in [0.3, 0.4) is 0 Å². The van der Waals surface area contributed by atoms with Crippen molar-refractivity contribution in [3.8, 4) is 0 Å². The molecule has 1 aliphatic rings. The molecule has 9 heteroatoms. The molecule has 0 spiro atoms. The molecule has 1 unspecified atom stereocenters. The summed E-state index contributed by atoms with van der Waals surface area (Å²) in [5, 5.41) is 3.17. The summed E-state index contributed by atoms with van der Waals surface area (Å²) < 4.78 is 50.2. The van der Waals surface area contributed by atoms with E-state index in [2.05, 4.69) is 26.0 Å². The van der Waals surface area contributed by atoms with Crippen molar-refractivity contribution in [1.29, 1.82) is 0 Å². The van der Waals surface area contributed by atoms with E-state index in [0.29, 0.717) is 6.54 Å². The van der Waals surface area contributed by atoms with E-state index in [9.17, 15) is 16.8 Å². The quantitative estimate of drug-likeness (QED) is 0.765. The van der Waals surface area contributed by atoms with Crippen LogP contribution in [0.1, 0.15) is 6.42 Å². The van der Waals surface area contributed by atoms with Crippen LogP contribution in [0.5, 0.6) is 0 Å². The first-order valence-electron chi connectivity index (χ1n) is 6.40. The average Bonchev–Trinajstić information content (AvgIpc) is 2.88. The lowest BCUT2D eigenvalue weighted by Crippen LogP contribution is -2.30. The van der Waals surface area contributed by atoms with Gasteiger partial charge in [0.2, 0.25) is 10.0 Å². The molecule has 0 aromatic heterocycles. The Bertz CT molecular complexity index is 726. The standard InChI is InChI=1S/C12H17BrN2O4S2/c1-20(16,17)10-2-3-12(11(13)6-10)21(18,19)15-8-9-4-5-14-7-9/h2-3,6,9,14-15H,4-5,7-8H2,1H3. The molecule has 0 amide bonds.